The quantitative estimate of drug-likeness (QED) is 0.767. The van der Waals surface area contributed by atoms with E-state index >= 15 is 0 Å². The van der Waals surface area contributed by atoms with Crippen LogP contribution in [0.15, 0.2) is 0 Å². The number of Topliss-reactive ketones (excluding diaryl/α,β-unsaturated/α-hetero) is 1. The summed E-state index contributed by atoms with van der Waals surface area (Å²) in [6.45, 7) is 3.23. The van der Waals surface area contributed by atoms with E-state index in [2.05, 4.69) is 0 Å². The van der Waals surface area contributed by atoms with Gasteiger partial charge in [-0.25, -0.2) is 0 Å². The predicted molar refractivity (Wildman–Crippen MR) is 53.2 cm³/mol. The van der Waals surface area contributed by atoms with Crippen LogP contribution in [0.25, 0.3) is 0 Å². The lowest BCUT2D eigenvalue weighted by Crippen LogP contribution is -2.46. The first-order chi connectivity index (χ1) is 7.18. The van der Waals surface area contributed by atoms with Gasteiger partial charge in [-0.15, -0.1) is 11.6 Å². The van der Waals surface area contributed by atoms with Crippen LogP contribution in [0.3, 0.4) is 0 Å². The second-order valence-electron chi connectivity index (χ2n) is 3.70. The summed E-state index contributed by atoms with van der Waals surface area (Å²) in [7, 11) is 0. The minimum absolute atomic E-state index is 0.191. The van der Waals surface area contributed by atoms with Crippen LogP contribution < -0.4 is 5.32 Å². The molecule has 0 heterocycles. The molecule has 0 spiro atoms. The topological polar surface area (TPSA) is 46.2 Å². The number of alkyl halides is 4. The van der Waals surface area contributed by atoms with Gasteiger partial charge in [-0.1, -0.05) is 13.8 Å². The summed E-state index contributed by atoms with van der Waals surface area (Å²) in [6.07, 6.45) is -5.12. The van der Waals surface area contributed by atoms with E-state index in [0.717, 1.165) is 0 Å². The lowest BCUT2D eigenvalue weighted by Gasteiger charge is -2.22. The number of hydrogen-bond acceptors (Lipinski definition) is 2. The maximum Gasteiger partial charge on any atom is 0.471 e. The molecule has 7 heteroatoms. The lowest BCUT2D eigenvalue weighted by molar-refractivity contribution is -0.174. The highest BCUT2D eigenvalue weighted by Gasteiger charge is 2.40. The predicted octanol–water partition coefficient (Wildman–Crippen LogP) is 1.89. The third-order valence-corrected chi connectivity index (χ3v) is 2.27. The number of hydrogen-bond donors (Lipinski definition) is 1. The number of ketones is 1. The van der Waals surface area contributed by atoms with Crippen LogP contribution in [0.4, 0.5) is 13.2 Å². The minimum atomic E-state index is -4.93. The summed E-state index contributed by atoms with van der Waals surface area (Å²) in [4.78, 5) is 21.7. The highest BCUT2D eigenvalue weighted by Crippen LogP contribution is 2.16. The fourth-order valence-electron chi connectivity index (χ4n) is 1.00. The molecule has 0 saturated carbocycles. The van der Waals surface area contributed by atoms with E-state index in [1.165, 1.54) is 0 Å². The molecule has 0 bridgehead atoms. The first-order valence-corrected chi connectivity index (χ1v) is 5.17. The van der Waals surface area contributed by atoms with Gasteiger partial charge in [0.2, 0.25) is 0 Å². The fourth-order valence-corrected chi connectivity index (χ4v) is 1.11. The number of nitrogens with one attached hydrogen (secondary N) is 1. The Kier molecular flexibility index (Phi) is 5.78. The van der Waals surface area contributed by atoms with Crippen LogP contribution in [0.5, 0.6) is 0 Å². The van der Waals surface area contributed by atoms with Crippen LogP contribution in [0.1, 0.15) is 20.3 Å². The number of halogens is 4. The maximum absolute atomic E-state index is 12.0. The second kappa shape index (κ2) is 6.08. The summed E-state index contributed by atoms with van der Waals surface area (Å²) >= 11 is 5.24. The molecular formula is C9H13ClF3NO2. The largest absolute Gasteiger partial charge is 0.471 e. The van der Waals surface area contributed by atoms with Gasteiger partial charge in [0.15, 0.2) is 0 Å². The van der Waals surface area contributed by atoms with Gasteiger partial charge in [0.25, 0.3) is 0 Å². The van der Waals surface area contributed by atoms with Crippen LogP contribution in [0, 0.1) is 5.92 Å². The summed E-state index contributed by atoms with van der Waals surface area (Å²) in [5, 5.41) is 1.78. The second-order valence-corrected chi connectivity index (χ2v) is 3.97. The van der Waals surface area contributed by atoms with Gasteiger partial charge >= 0.3 is 12.1 Å². The van der Waals surface area contributed by atoms with Crippen molar-refractivity contribution in [2.45, 2.75) is 32.5 Å². The smallest absolute Gasteiger partial charge is 0.345 e. The normalized spacial score (nSPS) is 13.7. The molecule has 3 nitrogen and oxygen atoms in total. The van der Waals surface area contributed by atoms with Crippen LogP contribution in [-0.2, 0) is 9.59 Å². The van der Waals surface area contributed by atoms with Crippen LogP contribution in [-0.4, -0.2) is 29.8 Å². The molecule has 0 aliphatic rings. The zero-order valence-electron chi connectivity index (χ0n) is 8.90. The first-order valence-electron chi connectivity index (χ1n) is 4.63. The molecule has 1 amide bonds. The van der Waals surface area contributed by atoms with E-state index in [-0.39, 0.29) is 18.2 Å². The van der Waals surface area contributed by atoms with E-state index in [9.17, 15) is 22.8 Å². The van der Waals surface area contributed by atoms with Crippen molar-refractivity contribution in [1.29, 1.82) is 0 Å². The molecule has 0 aliphatic heterocycles. The van der Waals surface area contributed by atoms with Gasteiger partial charge in [-0.3, -0.25) is 9.59 Å². The van der Waals surface area contributed by atoms with Gasteiger partial charge in [0.1, 0.15) is 5.78 Å². The van der Waals surface area contributed by atoms with Crippen molar-refractivity contribution < 1.29 is 22.8 Å². The molecule has 0 aromatic heterocycles. The van der Waals surface area contributed by atoms with E-state index in [4.69, 9.17) is 11.6 Å². The summed E-state index contributed by atoms with van der Waals surface area (Å²) in [6, 6.07) is -0.847. The molecule has 1 N–H and O–H groups in total. The molecule has 16 heavy (non-hydrogen) atoms. The highest BCUT2D eigenvalue weighted by molar-refractivity contribution is 6.27. The van der Waals surface area contributed by atoms with Crippen molar-refractivity contribution in [3.63, 3.8) is 0 Å². The minimum Gasteiger partial charge on any atom is -0.345 e. The van der Waals surface area contributed by atoms with Crippen molar-refractivity contribution in [1.82, 2.24) is 5.32 Å². The summed E-state index contributed by atoms with van der Waals surface area (Å²) in [5.41, 5.74) is 0. The molecule has 0 aromatic carbocycles. The van der Waals surface area contributed by atoms with Crippen molar-refractivity contribution in [2.75, 3.05) is 5.88 Å². The third-order valence-electron chi connectivity index (χ3n) is 1.98. The SMILES string of the molecule is CC(C)C(CC(=O)CCl)NC(=O)C(F)(F)F. The number of rotatable bonds is 5. The van der Waals surface area contributed by atoms with Crippen molar-refractivity contribution in [3.05, 3.63) is 0 Å². The molecule has 0 fully saturated rings. The molecule has 0 aliphatic carbocycles. The van der Waals surface area contributed by atoms with Crippen molar-refractivity contribution in [2.24, 2.45) is 5.92 Å². The zero-order chi connectivity index (χ0) is 12.9. The van der Waals surface area contributed by atoms with E-state index in [0.29, 0.717) is 0 Å². The van der Waals surface area contributed by atoms with Crippen LogP contribution >= 0.6 is 11.6 Å². The highest BCUT2D eigenvalue weighted by atomic mass is 35.5. The van der Waals surface area contributed by atoms with Crippen molar-refractivity contribution in [3.8, 4) is 0 Å². The number of carbonyl (C=O) groups excluding carboxylic acids is 2. The number of carbonyl (C=O) groups is 2. The number of amides is 1. The Morgan fingerprint density at radius 1 is 1.31 bits per heavy atom. The fraction of sp³-hybridized carbons (Fsp3) is 0.778. The Morgan fingerprint density at radius 3 is 2.12 bits per heavy atom. The Labute approximate surface area is 96.3 Å². The lowest BCUT2D eigenvalue weighted by atomic mass is 9.99. The average molecular weight is 260 g/mol. The van der Waals surface area contributed by atoms with E-state index in [1.54, 1.807) is 19.2 Å². The molecule has 0 aromatic rings. The zero-order valence-corrected chi connectivity index (χ0v) is 9.65. The molecule has 1 atom stereocenters. The van der Waals surface area contributed by atoms with Gasteiger partial charge in [-0.2, -0.15) is 13.2 Å². The Hall–Kier alpha value is -0.780. The maximum atomic E-state index is 12.0. The third kappa shape index (κ3) is 5.34. The average Bonchev–Trinajstić information content (AvgIpc) is 2.14. The molecule has 1 unspecified atom stereocenters. The van der Waals surface area contributed by atoms with Gasteiger partial charge in [0, 0.05) is 12.5 Å². The molecule has 0 rings (SSSR count). The summed E-state index contributed by atoms with van der Waals surface area (Å²) in [5.74, 6) is -2.99. The van der Waals surface area contributed by atoms with Gasteiger partial charge < -0.3 is 5.32 Å². The Balaban J connectivity index is 4.47. The molecule has 0 radical (unpaired) electrons. The van der Waals surface area contributed by atoms with Crippen LogP contribution in [0.2, 0.25) is 0 Å². The molecule has 0 saturated heterocycles. The Morgan fingerprint density at radius 2 is 1.81 bits per heavy atom. The summed E-state index contributed by atoms with van der Waals surface area (Å²) < 4.78 is 35.9. The first kappa shape index (κ1) is 15.2. The van der Waals surface area contributed by atoms with Gasteiger partial charge in [-0.05, 0) is 5.92 Å². The Bertz CT molecular complexity index is 266. The van der Waals surface area contributed by atoms with Gasteiger partial charge in [0.05, 0.1) is 5.88 Å². The standard InChI is InChI=1S/C9H13ClF3NO2/c1-5(2)7(3-6(15)4-10)14-8(16)9(11,12)13/h5,7H,3-4H2,1-2H3,(H,14,16). The molecule has 94 valence electrons. The monoisotopic (exact) mass is 259 g/mol. The molecular weight excluding hydrogens is 247 g/mol. The van der Waals surface area contributed by atoms with Crippen molar-refractivity contribution >= 4 is 23.3 Å². The van der Waals surface area contributed by atoms with E-state index < -0.39 is 23.9 Å². The van der Waals surface area contributed by atoms with E-state index in [1.807, 2.05) is 0 Å².